The Balaban J connectivity index is 0.00000144. The molecule has 0 radical (unpaired) electrons. The molecule has 0 heterocycles. The standard InChI is InChI=1S/C14H18N2.ClH/c1-2-3-13-8-14(13)16-10-12-6-4-11(9-15)5-7-12;/h4-7,13-14,16H,2-3,8,10H2,1H3;1H. The Kier molecular flexibility index (Phi) is 5.47. The van der Waals surface area contributed by atoms with Crippen LogP contribution in [-0.2, 0) is 6.54 Å². The summed E-state index contributed by atoms with van der Waals surface area (Å²) in [6.07, 6.45) is 3.98. The number of hydrogen-bond donors (Lipinski definition) is 1. The first-order valence-corrected chi connectivity index (χ1v) is 6.06. The third-order valence-electron chi connectivity index (χ3n) is 3.23. The van der Waals surface area contributed by atoms with E-state index in [0.717, 1.165) is 24.1 Å². The van der Waals surface area contributed by atoms with Crippen LogP contribution in [0.3, 0.4) is 0 Å². The van der Waals surface area contributed by atoms with Gasteiger partial charge in [0.05, 0.1) is 11.6 Å². The van der Waals surface area contributed by atoms with Crippen molar-refractivity contribution in [1.29, 1.82) is 5.26 Å². The molecule has 1 aliphatic rings. The summed E-state index contributed by atoms with van der Waals surface area (Å²) < 4.78 is 0. The van der Waals surface area contributed by atoms with Crippen LogP contribution in [0.25, 0.3) is 0 Å². The van der Waals surface area contributed by atoms with Gasteiger partial charge in [-0.15, -0.1) is 12.4 Å². The Labute approximate surface area is 109 Å². The fourth-order valence-corrected chi connectivity index (χ4v) is 2.13. The van der Waals surface area contributed by atoms with Crippen molar-refractivity contribution >= 4 is 12.4 Å². The van der Waals surface area contributed by atoms with E-state index >= 15 is 0 Å². The predicted octanol–water partition coefficient (Wildman–Crippen LogP) is 3.26. The third-order valence-corrected chi connectivity index (χ3v) is 3.23. The number of nitriles is 1. The molecule has 1 aliphatic carbocycles. The van der Waals surface area contributed by atoms with Crippen LogP contribution < -0.4 is 5.32 Å². The summed E-state index contributed by atoms with van der Waals surface area (Å²) in [6, 6.07) is 10.7. The minimum absolute atomic E-state index is 0. The highest BCUT2D eigenvalue weighted by molar-refractivity contribution is 5.85. The molecule has 2 nitrogen and oxygen atoms in total. The first-order valence-electron chi connectivity index (χ1n) is 6.06. The van der Waals surface area contributed by atoms with Crippen molar-refractivity contribution in [2.45, 2.75) is 38.8 Å². The third kappa shape index (κ3) is 4.03. The van der Waals surface area contributed by atoms with E-state index in [4.69, 9.17) is 5.26 Å². The topological polar surface area (TPSA) is 35.8 Å². The Morgan fingerprint density at radius 3 is 2.65 bits per heavy atom. The molecule has 17 heavy (non-hydrogen) atoms. The van der Waals surface area contributed by atoms with Crippen LogP contribution in [0, 0.1) is 17.2 Å². The smallest absolute Gasteiger partial charge is 0.0991 e. The zero-order valence-corrected chi connectivity index (χ0v) is 11.0. The van der Waals surface area contributed by atoms with Crippen molar-refractivity contribution in [3.63, 3.8) is 0 Å². The first-order chi connectivity index (χ1) is 7.83. The van der Waals surface area contributed by atoms with Gasteiger partial charge < -0.3 is 5.32 Å². The highest BCUT2D eigenvalue weighted by atomic mass is 35.5. The van der Waals surface area contributed by atoms with Crippen molar-refractivity contribution in [3.8, 4) is 6.07 Å². The zero-order valence-electron chi connectivity index (χ0n) is 10.1. The summed E-state index contributed by atoms with van der Waals surface area (Å²) in [7, 11) is 0. The second kappa shape index (κ2) is 6.64. The summed E-state index contributed by atoms with van der Waals surface area (Å²) in [5, 5.41) is 12.2. The number of benzene rings is 1. The Hall–Kier alpha value is -1.04. The van der Waals surface area contributed by atoms with Crippen LogP contribution in [0.2, 0.25) is 0 Å². The fraction of sp³-hybridized carbons (Fsp3) is 0.500. The van der Waals surface area contributed by atoms with E-state index in [1.54, 1.807) is 0 Å². The highest BCUT2D eigenvalue weighted by Crippen LogP contribution is 2.34. The molecule has 1 aromatic carbocycles. The molecule has 0 saturated heterocycles. The van der Waals surface area contributed by atoms with E-state index in [9.17, 15) is 0 Å². The van der Waals surface area contributed by atoms with Gasteiger partial charge in [0.15, 0.2) is 0 Å². The molecule has 1 saturated carbocycles. The number of nitrogens with one attached hydrogen (secondary N) is 1. The number of rotatable bonds is 5. The van der Waals surface area contributed by atoms with E-state index in [2.05, 4.69) is 18.3 Å². The van der Waals surface area contributed by atoms with Gasteiger partial charge >= 0.3 is 0 Å². The zero-order chi connectivity index (χ0) is 11.4. The van der Waals surface area contributed by atoms with E-state index in [0.29, 0.717) is 0 Å². The maximum Gasteiger partial charge on any atom is 0.0991 e. The van der Waals surface area contributed by atoms with Crippen molar-refractivity contribution < 1.29 is 0 Å². The predicted molar refractivity (Wildman–Crippen MR) is 72.0 cm³/mol. The average Bonchev–Trinajstić information content (AvgIpc) is 3.06. The molecule has 0 bridgehead atoms. The fourth-order valence-electron chi connectivity index (χ4n) is 2.13. The lowest BCUT2D eigenvalue weighted by molar-refractivity contribution is 0.599. The number of halogens is 1. The van der Waals surface area contributed by atoms with Crippen LogP contribution in [0.5, 0.6) is 0 Å². The minimum atomic E-state index is 0. The normalized spacial score (nSPS) is 21.4. The van der Waals surface area contributed by atoms with E-state index in [1.165, 1.54) is 24.8 Å². The van der Waals surface area contributed by atoms with Gasteiger partial charge in [-0.2, -0.15) is 5.26 Å². The quantitative estimate of drug-likeness (QED) is 0.871. The largest absolute Gasteiger partial charge is 0.310 e. The van der Waals surface area contributed by atoms with Gasteiger partial charge in [-0.05, 0) is 36.5 Å². The van der Waals surface area contributed by atoms with E-state index in [1.807, 2.05) is 24.3 Å². The maximum atomic E-state index is 8.68. The van der Waals surface area contributed by atoms with E-state index in [-0.39, 0.29) is 12.4 Å². The Morgan fingerprint density at radius 1 is 1.35 bits per heavy atom. The molecule has 2 unspecified atom stereocenters. The van der Waals surface area contributed by atoms with Crippen LogP contribution >= 0.6 is 12.4 Å². The summed E-state index contributed by atoms with van der Waals surface area (Å²) in [4.78, 5) is 0. The number of hydrogen-bond acceptors (Lipinski definition) is 2. The van der Waals surface area contributed by atoms with Gasteiger partial charge in [-0.25, -0.2) is 0 Å². The lowest BCUT2D eigenvalue weighted by Crippen LogP contribution is -2.17. The monoisotopic (exact) mass is 250 g/mol. The van der Waals surface area contributed by atoms with Gasteiger partial charge in [0, 0.05) is 12.6 Å². The molecular formula is C14H19ClN2. The van der Waals surface area contributed by atoms with Gasteiger partial charge in [-0.1, -0.05) is 25.5 Å². The van der Waals surface area contributed by atoms with Gasteiger partial charge in [0.2, 0.25) is 0 Å². The molecule has 1 N–H and O–H groups in total. The molecule has 1 aromatic rings. The lowest BCUT2D eigenvalue weighted by atomic mass is 10.1. The molecule has 2 atom stereocenters. The Morgan fingerprint density at radius 2 is 2.06 bits per heavy atom. The molecule has 92 valence electrons. The lowest BCUT2D eigenvalue weighted by Gasteiger charge is -2.04. The highest BCUT2D eigenvalue weighted by Gasteiger charge is 2.35. The summed E-state index contributed by atoms with van der Waals surface area (Å²) in [5.41, 5.74) is 2.00. The Bertz CT molecular complexity index is 380. The van der Waals surface area contributed by atoms with Gasteiger partial charge in [0.25, 0.3) is 0 Å². The first kappa shape index (κ1) is 14.0. The van der Waals surface area contributed by atoms with Crippen LogP contribution in [0.4, 0.5) is 0 Å². The maximum absolute atomic E-state index is 8.68. The average molecular weight is 251 g/mol. The molecule has 1 fully saturated rings. The number of nitrogens with zero attached hydrogens (tertiary/aromatic N) is 1. The van der Waals surface area contributed by atoms with Crippen LogP contribution in [-0.4, -0.2) is 6.04 Å². The molecule has 3 heteroatoms. The van der Waals surface area contributed by atoms with Crippen LogP contribution in [0.1, 0.15) is 37.3 Å². The van der Waals surface area contributed by atoms with E-state index < -0.39 is 0 Å². The SMILES string of the molecule is CCCC1CC1NCc1ccc(C#N)cc1.Cl. The second-order valence-electron chi connectivity index (χ2n) is 4.58. The van der Waals surface area contributed by atoms with Gasteiger partial charge in [-0.3, -0.25) is 0 Å². The second-order valence-corrected chi connectivity index (χ2v) is 4.58. The summed E-state index contributed by atoms with van der Waals surface area (Å²) in [5.74, 6) is 0.906. The van der Waals surface area contributed by atoms with Crippen molar-refractivity contribution in [1.82, 2.24) is 5.32 Å². The van der Waals surface area contributed by atoms with Crippen molar-refractivity contribution in [3.05, 3.63) is 35.4 Å². The summed E-state index contributed by atoms with van der Waals surface area (Å²) >= 11 is 0. The van der Waals surface area contributed by atoms with Crippen LogP contribution in [0.15, 0.2) is 24.3 Å². The molecule has 0 amide bonds. The molecular weight excluding hydrogens is 232 g/mol. The summed E-state index contributed by atoms with van der Waals surface area (Å²) in [6.45, 7) is 3.17. The van der Waals surface area contributed by atoms with Crippen molar-refractivity contribution in [2.24, 2.45) is 5.92 Å². The molecule has 0 aliphatic heterocycles. The molecule has 2 rings (SSSR count). The van der Waals surface area contributed by atoms with Gasteiger partial charge in [0.1, 0.15) is 0 Å². The minimum Gasteiger partial charge on any atom is -0.310 e. The molecule has 0 aromatic heterocycles. The van der Waals surface area contributed by atoms with Crippen molar-refractivity contribution in [2.75, 3.05) is 0 Å². The molecule has 0 spiro atoms.